The van der Waals surface area contributed by atoms with Gasteiger partial charge in [0.2, 0.25) is 0 Å². The first kappa shape index (κ1) is 16.0. The number of hydrogen-bond donors (Lipinski definition) is 2. The summed E-state index contributed by atoms with van der Waals surface area (Å²) in [7, 11) is 0. The Bertz CT molecular complexity index is 291. The summed E-state index contributed by atoms with van der Waals surface area (Å²) in [5.74, 6) is 0.827. The summed E-state index contributed by atoms with van der Waals surface area (Å²) >= 11 is 1.69. The molecule has 0 aliphatic carbocycles. The van der Waals surface area contributed by atoms with Crippen LogP contribution in [0.25, 0.3) is 0 Å². The highest BCUT2D eigenvalue weighted by atomic mass is 32.2. The Labute approximate surface area is 115 Å². The lowest BCUT2D eigenvalue weighted by atomic mass is 9.89. The third kappa shape index (κ3) is 4.56. The van der Waals surface area contributed by atoms with Gasteiger partial charge in [-0.1, -0.05) is 26.7 Å². The lowest BCUT2D eigenvalue weighted by molar-refractivity contribution is 0.0286. The summed E-state index contributed by atoms with van der Waals surface area (Å²) in [6.45, 7) is 7.80. The average molecular weight is 273 g/mol. The Morgan fingerprint density at radius 3 is 2.17 bits per heavy atom. The molecule has 0 unspecified atom stereocenters. The van der Waals surface area contributed by atoms with Crippen LogP contribution in [0.4, 0.5) is 0 Å². The summed E-state index contributed by atoms with van der Waals surface area (Å²) in [6, 6.07) is -0.0370. The van der Waals surface area contributed by atoms with Gasteiger partial charge in [0.25, 0.3) is 0 Å². The molecule has 1 rings (SSSR count). The Morgan fingerprint density at radius 1 is 1.22 bits per heavy atom. The first-order valence-electron chi connectivity index (χ1n) is 6.95. The van der Waals surface area contributed by atoms with Crippen molar-refractivity contribution >= 4 is 16.8 Å². The van der Waals surface area contributed by atoms with E-state index in [2.05, 4.69) is 18.8 Å². The molecule has 0 spiro atoms. The lowest BCUT2D eigenvalue weighted by Gasteiger charge is -2.27. The fourth-order valence-electron chi connectivity index (χ4n) is 2.40. The van der Waals surface area contributed by atoms with Crippen LogP contribution in [0.3, 0.4) is 0 Å². The second-order valence-electron chi connectivity index (χ2n) is 5.90. The van der Waals surface area contributed by atoms with Gasteiger partial charge in [0.1, 0.15) is 0 Å². The van der Waals surface area contributed by atoms with E-state index >= 15 is 0 Å². The molecule has 1 aliphatic heterocycles. The molecule has 0 amide bonds. The zero-order chi connectivity index (χ0) is 13.8. The van der Waals surface area contributed by atoms with Gasteiger partial charge in [-0.05, 0) is 26.7 Å². The van der Waals surface area contributed by atoms with Crippen molar-refractivity contribution in [3.8, 4) is 0 Å². The molecule has 1 heterocycles. The van der Waals surface area contributed by atoms with Crippen LogP contribution in [-0.4, -0.2) is 38.3 Å². The molecule has 106 valence electrons. The molecule has 0 aromatic heterocycles. The van der Waals surface area contributed by atoms with Crippen molar-refractivity contribution in [2.75, 3.05) is 5.75 Å². The van der Waals surface area contributed by atoms with E-state index in [0.717, 1.165) is 36.5 Å². The molecular formula is C14H27NO2S. The number of hydrogen-bond acceptors (Lipinski definition) is 4. The third-order valence-corrected chi connectivity index (χ3v) is 4.50. The Hall–Kier alpha value is -0.0600. The fourth-order valence-corrected chi connectivity index (χ4v) is 3.80. The smallest absolute Gasteiger partial charge is 0.0884 e. The summed E-state index contributed by atoms with van der Waals surface area (Å²) in [4.78, 5) is 4.58. The molecule has 1 atom stereocenters. The van der Waals surface area contributed by atoms with E-state index in [9.17, 15) is 10.2 Å². The number of rotatable bonds is 7. The van der Waals surface area contributed by atoms with Crippen molar-refractivity contribution in [1.29, 1.82) is 0 Å². The van der Waals surface area contributed by atoms with Gasteiger partial charge in [-0.25, -0.2) is 0 Å². The highest BCUT2D eigenvalue weighted by Crippen LogP contribution is 2.33. The van der Waals surface area contributed by atoms with Crippen molar-refractivity contribution in [3.05, 3.63) is 0 Å². The third-order valence-electron chi connectivity index (χ3n) is 3.43. The van der Waals surface area contributed by atoms with Gasteiger partial charge in [-0.3, -0.25) is 4.99 Å². The summed E-state index contributed by atoms with van der Waals surface area (Å²) in [5.41, 5.74) is -1.37. The van der Waals surface area contributed by atoms with Gasteiger partial charge in [-0.15, -0.1) is 11.8 Å². The number of thioether (sulfide) groups is 1. The van der Waals surface area contributed by atoms with Gasteiger partial charge in [-0.2, -0.15) is 0 Å². The van der Waals surface area contributed by atoms with Crippen LogP contribution in [0.2, 0.25) is 0 Å². The monoisotopic (exact) mass is 273 g/mol. The number of nitrogens with zero attached hydrogens (tertiary/aromatic N) is 1. The van der Waals surface area contributed by atoms with Crippen molar-refractivity contribution in [2.24, 2.45) is 4.99 Å². The molecule has 3 nitrogen and oxygen atoms in total. The van der Waals surface area contributed by atoms with Crippen LogP contribution < -0.4 is 0 Å². The second kappa shape index (κ2) is 6.40. The molecular weight excluding hydrogens is 246 g/mol. The topological polar surface area (TPSA) is 52.8 Å². The maximum absolute atomic E-state index is 10.6. The van der Waals surface area contributed by atoms with Crippen LogP contribution in [0.15, 0.2) is 4.99 Å². The van der Waals surface area contributed by atoms with Gasteiger partial charge in [0.05, 0.1) is 22.3 Å². The van der Waals surface area contributed by atoms with Crippen molar-refractivity contribution in [1.82, 2.24) is 0 Å². The molecule has 0 fully saturated rings. The maximum Gasteiger partial charge on any atom is 0.0884 e. The minimum Gasteiger partial charge on any atom is -0.389 e. The Balaban J connectivity index is 2.66. The van der Waals surface area contributed by atoms with Crippen molar-refractivity contribution in [2.45, 2.75) is 77.0 Å². The summed E-state index contributed by atoms with van der Waals surface area (Å²) < 4.78 is 0. The molecule has 0 saturated carbocycles. The minimum absolute atomic E-state index is 0.0370. The van der Waals surface area contributed by atoms with Crippen LogP contribution in [0.1, 0.15) is 59.8 Å². The SMILES string of the molecule is CCCC(O)(CCC)CC1=N[C@@H](C(C)(C)O)CS1. The van der Waals surface area contributed by atoms with E-state index in [-0.39, 0.29) is 6.04 Å². The predicted octanol–water partition coefficient (Wildman–Crippen LogP) is 2.99. The highest BCUT2D eigenvalue weighted by Gasteiger charge is 2.34. The van der Waals surface area contributed by atoms with E-state index < -0.39 is 11.2 Å². The molecule has 18 heavy (non-hydrogen) atoms. The highest BCUT2D eigenvalue weighted by molar-refractivity contribution is 8.14. The molecule has 0 saturated heterocycles. The van der Waals surface area contributed by atoms with E-state index in [1.807, 2.05) is 0 Å². The molecule has 0 aromatic carbocycles. The molecule has 0 radical (unpaired) electrons. The number of aliphatic hydroxyl groups is 2. The van der Waals surface area contributed by atoms with Gasteiger partial charge in [0.15, 0.2) is 0 Å². The van der Waals surface area contributed by atoms with E-state index in [4.69, 9.17) is 0 Å². The zero-order valence-corrected chi connectivity index (χ0v) is 12.9. The normalized spacial score (nSPS) is 21.2. The first-order chi connectivity index (χ1) is 8.30. The lowest BCUT2D eigenvalue weighted by Crippen LogP contribution is -2.35. The molecule has 0 bridgehead atoms. The minimum atomic E-state index is -0.762. The van der Waals surface area contributed by atoms with E-state index in [1.54, 1.807) is 25.6 Å². The maximum atomic E-state index is 10.6. The molecule has 0 aromatic rings. The average Bonchev–Trinajstić information content (AvgIpc) is 2.65. The van der Waals surface area contributed by atoms with Gasteiger partial charge in [0, 0.05) is 12.2 Å². The standard InChI is InChI=1S/C14H27NO2S/c1-5-7-14(17,8-6-2)9-12-15-11(10-18-12)13(3,4)16/h11,16-17H,5-10H2,1-4H3/t11-/m1/s1. The number of aliphatic imine (C=N–C) groups is 1. The van der Waals surface area contributed by atoms with Crippen LogP contribution in [0.5, 0.6) is 0 Å². The summed E-state index contributed by atoms with van der Waals surface area (Å²) in [5, 5.41) is 21.6. The Kier molecular flexibility index (Phi) is 5.68. The van der Waals surface area contributed by atoms with Crippen LogP contribution >= 0.6 is 11.8 Å². The zero-order valence-electron chi connectivity index (χ0n) is 12.1. The summed E-state index contributed by atoms with van der Waals surface area (Å²) in [6.07, 6.45) is 4.28. The van der Waals surface area contributed by atoms with Crippen molar-refractivity contribution in [3.63, 3.8) is 0 Å². The fraction of sp³-hybridized carbons (Fsp3) is 0.929. The molecule has 2 N–H and O–H groups in total. The van der Waals surface area contributed by atoms with Crippen molar-refractivity contribution < 1.29 is 10.2 Å². The van der Waals surface area contributed by atoms with E-state index in [1.165, 1.54) is 0 Å². The molecule has 4 heteroatoms. The molecule has 1 aliphatic rings. The Morgan fingerprint density at radius 2 is 1.78 bits per heavy atom. The van der Waals surface area contributed by atoms with Crippen LogP contribution in [0, 0.1) is 0 Å². The predicted molar refractivity (Wildman–Crippen MR) is 79.4 cm³/mol. The van der Waals surface area contributed by atoms with E-state index in [0.29, 0.717) is 6.42 Å². The van der Waals surface area contributed by atoms with Gasteiger partial charge >= 0.3 is 0 Å². The van der Waals surface area contributed by atoms with Crippen LogP contribution in [-0.2, 0) is 0 Å². The largest absolute Gasteiger partial charge is 0.389 e. The quantitative estimate of drug-likeness (QED) is 0.750. The van der Waals surface area contributed by atoms with Gasteiger partial charge < -0.3 is 10.2 Å². The first-order valence-corrected chi connectivity index (χ1v) is 7.93. The second-order valence-corrected chi connectivity index (χ2v) is 7.00.